The van der Waals surface area contributed by atoms with Crippen molar-refractivity contribution in [1.29, 1.82) is 0 Å². The van der Waals surface area contributed by atoms with E-state index in [4.69, 9.17) is 10.5 Å². The summed E-state index contributed by atoms with van der Waals surface area (Å²) in [4.78, 5) is 36.5. The first kappa shape index (κ1) is 19.3. The van der Waals surface area contributed by atoms with Crippen LogP contribution >= 0.6 is 0 Å². The minimum absolute atomic E-state index is 0.164. The largest absolute Gasteiger partial charge is 0.493 e. The van der Waals surface area contributed by atoms with Crippen LogP contribution in [0.4, 0.5) is 0 Å². The molecule has 0 unspecified atom stereocenters. The maximum absolute atomic E-state index is 12.9. The zero-order valence-electron chi connectivity index (χ0n) is 15.8. The number of hydrogen-bond donors (Lipinski definition) is 2. The maximum Gasteiger partial charge on any atom is 0.287 e. The number of nitrogens with one attached hydrogen (secondary N) is 1. The Kier molecular flexibility index (Phi) is 5.58. The van der Waals surface area contributed by atoms with E-state index in [1.165, 1.54) is 4.68 Å². The van der Waals surface area contributed by atoms with Crippen molar-refractivity contribution >= 4 is 17.6 Å². The van der Waals surface area contributed by atoms with Gasteiger partial charge in [-0.05, 0) is 38.5 Å². The Bertz CT molecular complexity index is 961. The Hall–Kier alpha value is -3.42. The van der Waals surface area contributed by atoms with Crippen LogP contribution < -0.4 is 15.8 Å². The topological polar surface area (TPSA) is 116 Å². The van der Waals surface area contributed by atoms with Crippen LogP contribution in [0.5, 0.6) is 5.75 Å². The number of nitrogens with two attached hydrogens (primary N) is 1. The molecule has 0 spiro atoms. The lowest BCUT2D eigenvalue weighted by molar-refractivity contribution is -0.137. The molecule has 3 N–H and O–H groups in total. The van der Waals surface area contributed by atoms with Crippen LogP contribution in [0.2, 0.25) is 0 Å². The fraction of sp³-hybridized carbons (Fsp3) is 0.300. The zero-order valence-corrected chi connectivity index (χ0v) is 15.8. The molecule has 8 heteroatoms. The lowest BCUT2D eigenvalue weighted by Crippen LogP contribution is -2.46. The fourth-order valence-electron chi connectivity index (χ4n) is 2.95. The normalized spacial score (nSPS) is 19.3. The predicted octanol–water partition coefficient (Wildman–Crippen LogP) is 1.45. The Morgan fingerprint density at radius 1 is 1.29 bits per heavy atom. The summed E-state index contributed by atoms with van der Waals surface area (Å²) in [6.07, 6.45) is 2.61. The molecule has 0 saturated heterocycles. The van der Waals surface area contributed by atoms with Crippen LogP contribution in [0, 0.1) is 6.92 Å². The third-order valence-corrected chi connectivity index (χ3v) is 4.46. The molecule has 1 aliphatic heterocycles. The van der Waals surface area contributed by atoms with Crippen molar-refractivity contribution in [1.82, 2.24) is 15.1 Å². The van der Waals surface area contributed by atoms with E-state index in [9.17, 15) is 14.4 Å². The van der Waals surface area contributed by atoms with Gasteiger partial charge in [-0.3, -0.25) is 14.4 Å². The number of carbonyl (C=O) groups excluding carboxylic acids is 3. The summed E-state index contributed by atoms with van der Waals surface area (Å²) in [6.45, 7) is 4.12. The molecule has 0 fully saturated rings. The Balaban J connectivity index is 2.05. The van der Waals surface area contributed by atoms with Crippen LogP contribution in [0.25, 0.3) is 5.69 Å². The number of fused-ring (bicyclic) bond motifs is 4. The first-order valence-electron chi connectivity index (χ1n) is 8.95. The molecule has 8 nitrogen and oxygen atoms in total. The van der Waals surface area contributed by atoms with Crippen LogP contribution in [-0.4, -0.2) is 40.0 Å². The van der Waals surface area contributed by atoms with E-state index < -0.39 is 23.6 Å². The van der Waals surface area contributed by atoms with Crippen molar-refractivity contribution in [2.75, 3.05) is 6.61 Å². The number of carbonyl (C=O) groups is 3. The van der Waals surface area contributed by atoms with Crippen LogP contribution in [0.3, 0.4) is 0 Å². The third kappa shape index (κ3) is 4.28. The minimum Gasteiger partial charge on any atom is -0.493 e. The number of nitrogens with zero attached hydrogens (tertiary/aromatic N) is 2. The van der Waals surface area contributed by atoms with E-state index in [1.54, 1.807) is 31.2 Å². The summed E-state index contributed by atoms with van der Waals surface area (Å²) in [6, 6.07) is 7.82. The monoisotopic (exact) mass is 382 g/mol. The molecular formula is C20H22N4O4. The van der Waals surface area contributed by atoms with Crippen molar-refractivity contribution in [2.24, 2.45) is 5.73 Å². The molecule has 3 rings (SSSR count). The third-order valence-electron chi connectivity index (χ3n) is 4.46. The summed E-state index contributed by atoms with van der Waals surface area (Å²) >= 11 is 0. The summed E-state index contributed by atoms with van der Waals surface area (Å²) in [5.41, 5.74) is 7.66. The second-order valence-corrected chi connectivity index (χ2v) is 6.72. The number of ketones is 1. The highest BCUT2D eigenvalue weighted by Crippen LogP contribution is 2.20. The highest BCUT2D eigenvalue weighted by Gasteiger charge is 2.26. The summed E-state index contributed by atoms with van der Waals surface area (Å²) < 4.78 is 7.28. The van der Waals surface area contributed by atoms with E-state index in [-0.39, 0.29) is 12.1 Å². The SMILES string of the molecule is C/C1=C\C[C@@H](C(=O)C(N)=O)NC(=O)c2cc(C)nn2-c2cccc(c2)OCC1. The highest BCUT2D eigenvalue weighted by molar-refractivity contribution is 6.38. The number of hydrogen-bond acceptors (Lipinski definition) is 5. The summed E-state index contributed by atoms with van der Waals surface area (Å²) in [7, 11) is 0. The molecule has 1 aromatic carbocycles. The Labute approximate surface area is 162 Å². The van der Waals surface area contributed by atoms with Gasteiger partial charge in [-0.1, -0.05) is 17.7 Å². The second-order valence-electron chi connectivity index (χ2n) is 6.72. The number of amides is 2. The number of aromatic nitrogens is 2. The van der Waals surface area contributed by atoms with Crippen LogP contribution in [0.15, 0.2) is 42.0 Å². The van der Waals surface area contributed by atoms with Gasteiger partial charge >= 0.3 is 0 Å². The Morgan fingerprint density at radius 2 is 2.07 bits per heavy atom. The lowest BCUT2D eigenvalue weighted by atomic mass is 10.0. The molecule has 0 aliphatic carbocycles. The van der Waals surface area contributed by atoms with Crippen molar-refractivity contribution < 1.29 is 19.1 Å². The second kappa shape index (κ2) is 8.08. The van der Waals surface area contributed by atoms with Gasteiger partial charge in [0.25, 0.3) is 11.8 Å². The number of Topliss-reactive ketones (excluding diaryl/α,β-unsaturated/α-hetero) is 1. The smallest absolute Gasteiger partial charge is 0.287 e. The number of benzene rings is 1. The van der Waals surface area contributed by atoms with Gasteiger partial charge in [-0.15, -0.1) is 0 Å². The minimum atomic E-state index is -1.09. The van der Waals surface area contributed by atoms with Crippen molar-refractivity contribution in [3.63, 3.8) is 0 Å². The van der Waals surface area contributed by atoms with E-state index in [0.717, 1.165) is 5.57 Å². The quantitative estimate of drug-likeness (QED) is 0.602. The number of ether oxygens (including phenoxy) is 1. The first-order valence-corrected chi connectivity index (χ1v) is 8.95. The van der Waals surface area contributed by atoms with Gasteiger partial charge in [-0.2, -0.15) is 5.10 Å². The molecule has 2 bridgehead atoms. The van der Waals surface area contributed by atoms with Crippen LogP contribution in [0.1, 0.15) is 35.9 Å². The van der Waals surface area contributed by atoms with Crippen molar-refractivity contribution in [2.45, 2.75) is 32.7 Å². The number of primary amides is 1. The van der Waals surface area contributed by atoms with Gasteiger partial charge in [0, 0.05) is 12.5 Å². The van der Waals surface area contributed by atoms with E-state index in [1.807, 2.05) is 19.1 Å². The van der Waals surface area contributed by atoms with Crippen LogP contribution in [-0.2, 0) is 9.59 Å². The van der Waals surface area contributed by atoms with Crippen molar-refractivity contribution in [3.8, 4) is 11.4 Å². The molecule has 0 saturated carbocycles. The molecule has 2 aromatic rings. The molecule has 28 heavy (non-hydrogen) atoms. The molecule has 1 aliphatic rings. The van der Waals surface area contributed by atoms with E-state index >= 15 is 0 Å². The molecule has 2 amide bonds. The maximum atomic E-state index is 12.9. The van der Waals surface area contributed by atoms with Gasteiger partial charge in [-0.25, -0.2) is 4.68 Å². The lowest BCUT2D eigenvalue weighted by Gasteiger charge is -2.17. The molecule has 2 heterocycles. The molecule has 146 valence electrons. The Morgan fingerprint density at radius 3 is 2.82 bits per heavy atom. The predicted molar refractivity (Wildman–Crippen MR) is 102 cm³/mol. The first-order chi connectivity index (χ1) is 13.3. The number of aryl methyl sites for hydroxylation is 1. The average Bonchev–Trinajstić information content (AvgIpc) is 3.06. The van der Waals surface area contributed by atoms with Gasteiger partial charge < -0.3 is 15.8 Å². The fourth-order valence-corrected chi connectivity index (χ4v) is 2.95. The molecule has 0 radical (unpaired) electrons. The van der Waals surface area contributed by atoms with E-state index in [2.05, 4.69) is 10.4 Å². The van der Waals surface area contributed by atoms with Gasteiger partial charge in [0.15, 0.2) is 0 Å². The number of rotatable bonds is 2. The average molecular weight is 382 g/mol. The van der Waals surface area contributed by atoms with Crippen molar-refractivity contribution in [3.05, 3.63) is 53.4 Å². The van der Waals surface area contributed by atoms with E-state index in [0.29, 0.717) is 30.2 Å². The van der Waals surface area contributed by atoms with Gasteiger partial charge in [0.05, 0.1) is 18.0 Å². The summed E-state index contributed by atoms with van der Waals surface area (Å²) in [5, 5.41) is 7.00. The summed E-state index contributed by atoms with van der Waals surface area (Å²) in [5.74, 6) is -1.78. The standard InChI is InChI=1S/C20H22N4O4/c1-12-6-7-16(18(25)19(21)26)22-20(27)17-10-13(2)23-24(17)14-4-3-5-15(11-14)28-9-8-12/h3-6,10-11,16H,7-9H2,1-2H3,(H2,21,26)(H,22,27)/b12-6+/t16-/m0/s1. The zero-order chi connectivity index (χ0) is 20.3. The van der Waals surface area contributed by atoms with Gasteiger partial charge in [0.1, 0.15) is 17.5 Å². The molecular weight excluding hydrogens is 360 g/mol. The molecule has 1 aromatic heterocycles. The molecule has 1 atom stereocenters. The highest BCUT2D eigenvalue weighted by atomic mass is 16.5. The van der Waals surface area contributed by atoms with Gasteiger partial charge in [0.2, 0.25) is 5.78 Å².